The molecule has 15 heavy (non-hydrogen) atoms. The smallest absolute Gasteiger partial charge is 0.253 e. The number of carbonyl (C=O) groups excluding carboxylic acids is 1. The van der Waals surface area contributed by atoms with Gasteiger partial charge in [0.2, 0.25) is 0 Å². The molecule has 3 nitrogen and oxygen atoms in total. The number of benzene rings is 1. The van der Waals surface area contributed by atoms with E-state index in [4.69, 9.17) is 0 Å². The fourth-order valence-corrected chi connectivity index (χ4v) is 1.72. The summed E-state index contributed by atoms with van der Waals surface area (Å²) in [5, 5.41) is 2.66. The van der Waals surface area contributed by atoms with Gasteiger partial charge in [-0.25, -0.2) is 0 Å². The summed E-state index contributed by atoms with van der Waals surface area (Å²) in [5.74, 6) is -0.0333. The van der Waals surface area contributed by atoms with Crippen molar-refractivity contribution in [2.75, 3.05) is 26.0 Å². The summed E-state index contributed by atoms with van der Waals surface area (Å²) in [6, 6.07) is 5.84. The Labute approximate surface area is 91.1 Å². The Kier molecular flexibility index (Phi) is 3.72. The third kappa shape index (κ3) is 2.29. The van der Waals surface area contributed by atoms with Gasteiger partial charge in [-0.1, -0.05) is 19.1 Å². The van der Waals surface area contributed by atoms with E-state index in [0.717, 1.165) is 17.7 Å². The van der Waals surface area contributed by atoms with Crippen molar-refractivity contribution in [2.45, 2.75) is 13.3 Å². The summed E-state index contributed by atoms with van der Waals surface area (Å²) in [7, 11) is 5.57. The van der Waals surface area contributed by atoms with Crippen LogP contribution in [0.25, 0.3) is 0 Å². The summed E-state index contributed by atoms with van der Waals surface area (Å²) in [4.78, 5) is 13.7. The number of aryl methyl sites for hydroxylation is 1. The molecule has 3 heteroatoms. The van der Waals surface area contributed by atoms with Gasteiger partial charge in [-0.15, -0.1) is 0 Å². The molecule has 0 spiro atoms. The summed E-state index contributed by atoms with van der Waals surface area (Å²) < 4.78 is 0. The van der Waals surface area contributed by atoms with Crippen LogP contribution < -0.4 is 10.2 Å². The number of amides is 1. The SMILES string of the molecule is CCc1cccc(C(=O)NC)c1N(C)C. The monoisotopic (exact) mass is 206 g/mol. The van der Waals surface area contributed by atoms with Gasteiger partial charge in [0, 0.05) is 21.1 Å². The van der Waals surface area contributed by atoms with Crippen molar-refractivity contribution >= 4 is 11.6 Å². The molecule has 1 aromatic carbocycles. The van der Waals surface area contributed by atoms with Crippen molar-refractivity contribution in [3.05, 3.63) is 29.3 Å². The van der Waals surface area contributed by atoms with Crippen molar-refractivity contribution in [3.8, 4) is 0 Å². The van der Waals surface area contributed by atoms with Crippen LogP contribution in [0.2, 0.25) is 0 Å². The van der Waals surface area contributed by atoms with E-state index in [1.54, 1.807) is 7.05 Å². The van der Waals surface area contributed by atoms with Crippen LogP contribution in [-0.2, 0) is 6.42 Å². The minimum absolute atomic E-state index is 0.0333. The largest absolute Gasteiger partial charge is 0.377 e. The lowest BCUT2D eigenvalue weighted by molar-refractivity contribution is 0.0963. The molecule has 0 atom stereocenters. The van der Waals surface area contributed by atoms with E-state index in [1.165, 1.54) is 5.56 Å². The molecule has 1 amide bonds. The predicted octanol–water partition coefficient (Wildman–Crippen LogP) is 1.67. The number of hydrogen-bond donors (Lipinski definition) is 1. The number of rotatable bonds is 3. The van der Waals surface area contributed by atoms with Crippen LogP contribution in [0.1, 0.15) is 22.8 Å². The van der Waals surface area contributed by atoms with Crippen LogP contribution in [0.3, 0.4) is 0 Å². The predicted molar refractivity (Wildman–Crippen MR) is 63.5 cm³/mol. The van der Waals surface area contributed by atoms with Crippen LogP contribution in [0, 0.1) is 0 Å². The van der Waals surface area contributed by atoms with E-state index in [-0.39, 0.29) is 5.91 Å². The van der Waals surface area contributed by atoms with E-state index in [1.807, 2.05) is 31.1 Å². The number of anilines is 1. The van der Waals surface area contributed by atoms with Crippen LogP contribution in [0.4, 0.5) is 5.69 Å². The lowest BCUT2D eigenvalue weighted by Gasteiger charge is -2.20. The molecule has 0 unspecified atom stereocenters. The highest BCUT2D eigenvalue weighted by atomic mass is 16.1. The average Bonchev–Trinajstić information content (AvgIpc) is 2.26. The number of nitrogens with zero attached hydrogens (tertiary/aromatic N) is 1. The maximum atomic E-state index is 11.7. The standard InChI is InChI=1S/C12H18N2O/c1-5-9-7-6-8-10(12(15)13-2)11(9)14(3)4/h6-8H,5H2,1-4H3,(H,13,15). The minimum atomic E-state index is -0.0333. The van der Waals surface area contributed by atoms with E-state index in [9.17, 15) is 4.79 Å². The van der Waals surface area contributed by atoms with E-state index in [2.05, 4.69) is 18.3 Å². The first-order chi connectivity index (χ1) is 7.11. The van der Waals surface area contributed by atoms with Gasteiger partial charge in [0.1, 0.15) is 0 Å². The third-order valence-corrected chi connectivity index (χ3v) is 2.42. The van der Waals surface area contributed by atoms with Crippen molar-refractivity contribution < 1.29 is 4.79 Å². The van der Waals surface area contributed by atoms with Gasteiger partial charge < -0.3 is 10.2 Å². The normalized spacial score (nSPS) is 9.87. The zero-order chi connectivity index (χ0) is 11.4. The maximum Gasteiger partial charge on any atom is 0.253 e. The highest BCUT2D eigenvalue weighted by Crippen LogP contribution is 2.24. The Balaban J connectivity index is 3.31. The van der Waals surface area contributed by atoms with Crippen molar-refractivity contribution in [1.29, 1.82) is 0 Å². The molecule has 82 valence electrons. The molecule has 0 aliphatic heterocycles. The lowest BCUT2D eigenvalue weighted by atomic mass is 10.0. The summed E-state index contributed by atoms with van der Waals surface area (Å²) in [6.45, 7) is 2.09. The second-order valence-electron chi connectivity index (χ2n) is 3.64. The molecule has 0 radical (unpaired) electrons. The van der Waals surface area contributed by atoms with Crippen molar-refractivity contribution in [3.63, 3.8) is 0 Å². The Morgan fingerprint density at radius 2 is 2.07 bits per heavy atom. The van der Waals surface area contributed by atoms with Crippen molar-refractivity contribution in [2.24, 2.45) is 0 Å². The van der Waals surface area contributed by atoms with Gasteiger partial charge in [-0.2, -0.15) is 0 Å². The summed E-state index contributed by atoms with van der Waals surface area (Å²) in [5.41, 5.74) is 2.95. The van der Waals surface area contributed by atoms with Gasteiger partial charge in [0.05, 0.1) is 11.3 Å². The summed E-state index contributed by atoms with van der Waals surface area (Å²) in [6.07, 6.45) is 0.929. The molecular weight excluding hydrogens is 188 g/mol. The third-order valence-electron chi connectivity index (χ3n) is 2.42. The first-order valence-corrected chi connectivity index (χ1v) is 5.13. The van der Waals surface area contributed by atoms with Gasteiger partial charge in [0.25, 0.3) is 5.91 Å². The molecular formula is C12H18N2O. The highest BCUT2D eigenvalue weighted by molar-refractivity contribution is 6.00. The Morgan fingerprint density at radius 1 is 1.40 bits per heavy atom. The van der Waals surface area contributed by atoms with Crippen LogP contribution in [0.5, 0.6) is 0 Å². The maximum absolute atomic E-state index is 11.7. The van der Waals surface area contributed by atoms with E-state index < -0.39 is 0 Å². The summed E-state index contributed by atoms with van der Waals surface area (Å²) >= 11 is 0. The molecule has 0 bridgehead atoms. The van der Waals surface area contributed by atoms with Gasteiger partial charge >= 0.3 is 0 Å². The topological polar surface area (TPSA) is 32.3 Å². The number of hydrogen-bond acceptors (Lipinski definition) is 2. The van der Waals surface area contributed by atoms with Crippen LogP contribution in [0.15, 0.2) is 18.2 Å². The number of carbonyl (C=O) groups is 1. The lowest BCUT2D eigenvalue weighted by Crippen LogP contribution is -2.23. The first kappa shape index (κ1) is 11.6. The molecule has 1 aromatic rings. The molecule has 1 rings (SSSR count). The van der Waals surface area contributed by atoms with Crippen molar-refractivity contribution in [1.82, 2.24) is 5.32 Å². The average molecular weight is 206 g/mol. The molecule has 0 aliphatic rings. The Bertz CT molecular complexity index is 359. The van der Waals surface area contributed by atoms with Crippen LogP contribution >= 0.6 is 0 Å². The molecule has 0 aromatic heterocycles. The minimum Gasteiger partial charge on any atom is -0.377 e. The zero-order valence-electron chi connectivity index (χ0n) is 9.79. The zero-order valence-corrected chi connectivity index (χ0v) is 9.79. The Hall–Kier alpha value is -1.51. The Morgan fingerprint density at radius 3 is 2.53 bits per heavy atom. The van der Waals surface area contributed by atoms with Gasteiger partial charge in [0.15, 0.2) is 0 Å². The molecule has 0 saturated carbocycles. The number of para-hydroxylation sites is 1. The molecule has 0 heterocycles. The fraction of sp³-hybridized carbons (Fsp3) is 0.417. The molecule has 0 fully saturated rings. The highest BCUT2D eigenvalue weighted by Gasteiger charge is 2.13. The molecule has 0 saturated heterocycles. The fourth-order valence-electron chi connectivity index (χ4n) is 1.72. The first-order valence-electron chi connectivity index (χ1n) is 5.13. The molecule has 1 N–H and O–H groups in total. The second-order valence-corrected chi connectivity index (χ2v) is 3.64. The van der Waals surface area contributed by atoms with E-state index >= 15 is 0 Å². The quantitative estimate of drug-likeness (QED) is 0.816. The van der Waals surface area contributed by atoms with E-state index in [0.29, 0.717) is 0 Å². The second kappa shape index (κ2) is 4.82. The molecule has 0 aliphatic carbocycles. The van der Waals surface area contributed by atoms with Gasteiger partial charge in [-0.3, -0.25) is 4.79 Å². The van der Waals surface area contributed by atoms with Crippen LogP contribution in [-0.4, -0.2) is 27.1 Å². The van der Waals surface area contributed by atoms with Gasteiger partial charge in [-0.05, 0) is 18.1 Å². The number of nitrogens with one attached hydrogen (secondary N) is 1.